The predicted molar refractivity (Wildman–Crippen MR) is 121 cm³/mol. The van der Waals surface area contributed by atoms with E-state index in [2.05, 4.69) is 0 Å². The average Bonchev–Trinajstić information content (AvgIpc) is 2.97. The van der Waals surface area contributed by atoms with E-state index in [0.29, 0.717) is 18.6 Å². The van der Waals surface area contributed by atoms with Crippen LogP contribution in [0.3, 0.4) is 0 Å². The number of carbonyl (C=O) groups excluding carboxylic acids is 1. The van der Waals surface area contributed by atoms with Crippen LogP contribution in [-0.2, 0) is 26.0 Å². The molecule has 3 atom stereocenters. The molecule has 2 aliphatic heterocycles. The Labute approximate surface area is 201 Å². The zero-order valence-electron chi connectivity index (χ0n) is 19.2. The lowest BCUT2D eigenvalue weighted by Gasteiger charge is -2.34. The minimum atomic E-state index is -4.07. The fourth-order valence-electron chi connectivity index (χ4n) is 4.51. The Morgan fingerprint density at radius 1 is 1.23 bits per heavy atom. The third-order valence-electron chi connectivity index (χ3n) is 6.43. The maximum absolute atomic E-state index is 15.6. The number of nitrogens with one attached hydrogen (secondary N) is 1. The molecule has 2 aliphatic rings. The van der Waals surface area contributed by atoms with Crippen LogP contribution in [0.15, 0.2) is 36.4 Å². The summed E-state index contributed by atoms with van der Waals surface area (Å²) in [5.41, 5.74) is 0.921. The van der Waals surface area contributed by atoms with Crippen molar-refractivity contribution < 1.29 is 35.5 Å². The first kappa shape index (κ1) is 25.6. The van der Waals surface area contributed by atoms with Gasteiger partial charge in [0.2, 0.25) is 10.0 Å². The van der Waals surface area contributed by atoms with Crippen molar-refractivity contribution in [2.24, 2.45) is 0 Å². The standard InChI is InChI=1S/C24H26F4N2O4S/c1-3-35(32,33)29-22-19(30(13-24(22,27)28)23(31)20-7-8-34-20)12-15-5-4-6-18(21(15)26)16-9-14(2)10-17(25)11-16/h4-6,9-11,19-20,22,29H,3,7-8,12-13H2,1-2H3/t19-,20?,22+/m0/s1. The van der Waals surface area contributed by atoms with Gasteiger partial charge >= 0.3 is 0 Å². The number of rotatable bonds is 7. The molecule has 1 unspecified atom stereocenters. The molecule has 4 rings (SSSR count). The van der Waals surface area contributed by atoms with Crippen LogP contribution in [-0.4, -0.2) is 62.2 Å². The van der Waals surface area contributed by atoms with Gasteiger partial charge in [0.25, 0.3) is 11.8 Å². The summed E-state index contributed by atoms with van der Waals surface area (Å²) < 4.78 is 91.2. The van der Waals surface area contributed by atoms with Crippen LogP contribution in [0.25, 0.3) is 11.1 Å². The van der Waals surface area contributed by atoms with Crippen LogP contribution in [0, 0.1) is 18.6 Å². The number of halogens is 4. The zero-order valence-corrected chi connectivity index (χ0v) is 20.0. The van der Waals surface area contributed by atoms with Crippen molar-refractivity contribution in [3.05, 3.63) is 59.2 Å². The van der Waals surface area contributed by atoms with Crippen molar-refractivity contribution in [1.82, 2.24) is 9.62 Å². The molecule has 190 valence electrons. The lowest BCUT2D eigenvalue weighted by molar-refractivity contribution is -0.158. The van der Waals surface area contributed by atoms with Crippen molar-refractivity contribution >= 4 is 15.9 Å². The number of ether oxygens (including phenoxy) is 1. The van der Waals surface area contributed by atoms with E-state index in [4.69, 9.17) is 4.74 Å². The smallest absolute Gasteiger partial charge is 0.283 e. The van der Waals surface area contributed by atoms with Gasteiger partial charge in [-0.25, -0.2) is 30.7 Å². The van der Waals surface area contributed by atoms with Crippen molar-refractivity contribution in [1.29, 1.82) is 0 Å². The fourth-order valence-corrected chi connectivity index (χ4v) is 5.39. The number of hydrogen-bond acceptors (Lipinski definition) is 4. The fraction of sp³-hybridized carbons (Fsp3) is 0.458. The molecule has 0 aliphatic carbocycles. The van der Waals surface area contributed by atoms with Crippen molar-refractivity contribution in [2.45, 2.75) is 50.8 Å². The summed E-state index contributed by atoms with van der Waals surface area (Å²) in [5.74, 6) is -6.01. The number of carbonyl (C=O) groups is 1. The van der Waals surface area contributed by atoms with Gasteiger partial charge in [-0.2, -0.15) is 0 Å². The Morgan fingerprint density at radius 2 is 1.94 bits per heavy atom. The van der Waals surface area contributed by atoms with Crippen LogP contribution in [0.5, 0.6) is 0 Å². The maximum Gasteiger partial charge on any atom is 0.283 e. The second kappa shape index (κ2) is 9.51. The predicted octanol–water partition coefficient (Wildman–Crippen LogP) is 3.43. The lowest BCUT2D eigenvalue weighted by Crippen LogP contribution is -2.54. The number of hydrogen-bond donors (Lipinski definition) is 1. The van der Waals surface area contributed by atoms with Crippen LogP contribution < -0.4 is 4.72 Å². The Bertz CT molecular complexity index is 1210. The van der Waals surface area contributed by atoms with Gasteiger partial charge in [-0.15, -0.1) is 0 Å². The highest BCUT2D eigenvalue weighted by Gasteiger charge is 2.58. The number of nitrogens with zero attached hydrogens (tertiary/aromatic N) is 1. The molecule has 2 aromatic rings. The quantitative estimate of drug-likeness (QED) is 0.575. The molecule has 1 amide bonds. The molecule has 0 bridgehead atoms. The van der Waals surface area contributed by atoms with Crippen molar-refractivity contribution in [3.8, 4) is 11.1 Å². The van der Waals surface area contributed by atoms with Gasteiger partial charge in [-0.1, -0.05) is 24.3 Å². The maximum atomic E-state index is 15.6. The highest BCUT2D eigenvalue weighted by molar-refractivity contribution is 7.89. The van der Waals surface area contributed by atoms with Crippen molar-refractivity contribution in [3.63, 3.8) is 0 Å². The van der Waals surface area contributed by atoms with E-state index < -0.39 is 64.0 Å². The number of amides is 1. The van der Waals surface area contributed by atoms with Crippen LogP contribution in [0.4, 0.5) is 17.6 Å². The van der Waals surface area contributed by atoms with E-state index in [1.54, 1.807) is 13.0 Å². The van der Waals surface area contributed by atoms with E-state index in [-0.39, 0.29) is 23.1 Å². The Kier molecular flexibility index (Phi) is 6.96. The highest BCUT2D eigenvalue weighted by atomic mass is 32.2. The lowest BCUT2D eigenvalue weighted by atomic mass is 9.94. The van der Waals surface area contributed by atoms with E-state index in [1.807, 2.05) is 4.72 Å². The number of aryl methyl sites for hydroxylation is 1. The van der Waals surface area contributed by atoms with E-state index in [1.165, 1.54) is 37.3 Å². The number of likely N-dealkylation sites (tertiary alicyclic amines) is 1. The normalized spacial score (nSPS) is 23.8. The molecule has 11 heteroatoms. The Balaban J connectivity index is 1.73. The SMILES string of the molecule is CCS(=O)(=O)N[C@@H]1[C@H](Cc2cccc(-c3cc(C)cc(F)c3)c2F)N(C(=O)C2CCO2)CC1(F)F. The molecular formula is C24H26F4N2O4S. The second-order valence-electron chi connectivity index (χ2n) is 8.94. The monoisotopic (exact) mass is 514 g/mol. The summed E-state index contributed by atoms with van der Waals surface area (Å²) in [5, 5.41) is 0. The molecule has 6 nitrogen and oxygen atoms in total. The molecule has 35 heavy (non-hydrogen) atoms. The van der Waals surface area contributed by atoms with E-state index in [9.17, 15) is 17.6 Å². The Hall–Kier alpha value is -2.50. The van der Waals surface area contributed by atoms with Crippen LogP contribution >= 0.6 is 0 Å². The first-order chi connectivity index (χ1) is 16.4. The van der Waals surface area contributed by atoms with Gasteiger partial charge in [0.05, 0.1) is 24.9 Å². The minimum Gasteiger partial charge on any atom is -0.368 e. The highest BCUT2D eigenvalue weighted by Crippen LogP contribution is 2.37. The molecular weight excluding hydrogens is 488 g/mol. The van der Waals surface area contributed by atoms with Gasteiger partial charge in [0, 0.05) is 12.0 Å². The van der Waals surface area contributed by atoms with E-state index in [0.717, 1.165) is 4.90 Å². The average molecular weight is 515 g/mol. The summed E-state index contributed by atoms with van der Waals surface area (Å²) >= 11 is 0. The zero-order chi connectivity index (χ0) is 25.5. The molecule has 2 fully saturated rings. The molecule has 2 saturated heterocycles. The topological polar surface area (TPSA) is 75.7 Å². The number of sulfonamides is 1. The van der Waals surface area contributed by atoms with Gasteiger partial charge in [0.1, 0.15) is 23.8 Å². The van der Waals surface area contributed by atoms with E-state index >= 15 is 13.2 Å². The van der Waals surface area contributed by atoms with Gasteiger partial charge in [-0.05, 0) is 49.1 Å². The first-order valence-corrected chi connectivity index (χ1v) is 12.9. The molecule has 1 N–H and O–H groups in total. The molecule has 0 radical (unpaired) electrons. The minimum absolute atomic E-state index is 0.000128. The summed E-state index contributed by atoms with van der Waals surface area (Å²) in [6, 6.07) is 5.08. The third-order valence-corrected chi connectivity index (χ3v) is 7.80. The molecule has 0 spiro atoms. The molecule has 0 aromatic heterocycles. The molecule has 0 saturated carbocycles. The van der Waals surface area contributed by atoms with Gasteiger partial charge < -0.3 is 9.64 Å². The molecule has 2 heterocycles. The molecule has 2 aromatic carbocycles. The van der Waals surface area contributed by atoms with Gasteiger partial charge in [-0.3, -0.25) is 4.79 Å². The first-order valence-electron chi connectivity index (χ1n) is 11.3. The summed E-state index contributed by atoms with van der Waals surface area (Å²) in [7, 11) is -4.07. The number of alkyl halides is 2. The summed E-state index contributed by atoms with van der Waals surface area (Å²) in [4.78, 5) is 13.8. The number of benzene rings is 2. The second-order valence-corrected chi connectivity index (χ2v) is 11.0. The largest absolute Gasteiger partial charge is 0.368 e. The van der Waals surface area contributed by atoms with Crippen molar-refractivity contribution in [2.75, 3.05) is 18.9 Å². The Morgan fingerprint density at radius 3 is 2.54 bits per heavy atom. The third kappa shape index (κ3) is 5.22. The summed E-state index contributed by atoms with van der Waals surface area (Å²) in [6.07, 6.45) is -0.901. The summed E-state index contributed by atoms with van der Waals surface area (Å²) in [6.45, 7) is 2.27. The van der Waals surface area contributed by atoms with Crippen LogP contribution in [0.2, 0.25) is 0 Å². The van der Waals surface area contributed by atoms with Gasteiger partial charge in [0.15, 0.2) is 0 Å². The van der Waals surface area contributed by atoms with Crippen LogP contribution in [0.1, 0.15) is 24.5 Å².